The molecule has 2 saturated heterocycles. The van der Waals surface area contributed by atoms with Gasteiger partial charge < -0.3 is 20.1 Å². The molecule has 4 rings (SSSR count). The topological polar surface area (TPSA) is 83.3 Å². The van der Waals surface area contributed by atoms with E-state index in [1.165, 1.54) is 0 Å². The second kappa shape index (κ2) is 7.69. The van der Waals surface area contributed by atoms with Crippen LogP contribution >= 0.6 is 0 Å². The van der Waals surface area contributed by atoms with E-state index in [1.807, 2.05) is 10.6 Å². The lowest BCUT2D eigenvalue weighted by molar-refractivity contribution is -0.174. The first kappa shape index (κ1) is 21.2. The lowest BCUT2D eigenvalue weighted by atomic mass is 9.95. The van der Waals surface area contributed by atoms with Crippen LogP contribution in [0.3, 0.4) is 0 Å². The molecule has 2 heterocycles. The molecule has 0 aromatic heterocycles. The van der Waals surface area contributed by atoms with Gasteiger partial charge in [0.15, 0.2) is 0 Å². The summed E-state index contributed by atoms with van der Waals surface area (Å²) in [6, 6.07) is -0.763. The van der Waals surface area contributed by atoms with Gasteiger partial charge in [-0.05, 0) is 38.5 Å². The molecule has 4 aliphatic rings. The summed E-state index contributed by atoms with van der Waals surface area (Å²) < 4.78 is 81.5. The summed E-state index contributed by atoms with van der Waals surface area (Å²) in [4.78, 5) is 21.2. The van der Waals surface area contributed by atoms with Crippen molar-refractivity contribution in [2.75, 3.05) is 0 Å². The Hall–Kier alpha value is -1.56. The van der Waals surface area contributed by atoms with Gasteiger partial charge in [-0.2, -0.15) is 26.3 Å². The van der Waals surface area contributed by atoms with Crippen molar-refractivity contribution in [2.45, 2.75) is 87.4 Å². The van der Waals surface area contributed by atoms with Gasteiger partial charge in [0.25, 0.3) is 0 Å². The predicted octanol–water partition coefficient (Wildman–Crippen LogP) is 1.97. The zero-order valence-corrected chi connectivity index (χ0v) is 14.6. The van der Waals surface area contributed by atoms with Gasteiger partial charge in [-0.1, -0.05) is 0 Å². The Balaban J connectivity index is 0.000000161. The molecule has 6 nitrogen and oxygen atoms in total. The molecule has 0 aromatic carbocycles. The van der Waals surface area contributed by atoms with Crippen LogP contribution in [0.2, 0.25) is 0 Å². The summed E-state index contributed by atoms with van der Waals surface area (Å²) in [7, 11) is 0. The second-order valence-electron chi connectivity index (χ2n) is 7.39. The van der Waals surface area contributed by atoms with Crippen LogP contribution in [0.1, 0.15) is 38.5 Å². The first-order chi connectivity index (χ1) is 12.9. The van der Waals surface area contributed by atoms with E-state index >= 15 is 0 Å². The van der Waals surface area contributed by atoms with Crippen LogP contribution in [-0.2, 0) is 19.1 Å². The highest BCUT2D eigenvalue weighted by Crippen LogP contribution is 2.37. The number of hydrogen-bond acceptors (Lipinski definition) is 4. The van der Waals surface area contributed by atoms with E-state index in [0.717, 1.165) is 12.8 Å². The van der Waals surface area contributed by atoms with Gasteiger partial charge in [-0.25, -0.2) is 0 Å². The molecule has 2 aliphatic carbocycles. The van der Waals surface area contributed by atoms with Gasteiger partial charge in [0, 0.05) is 12.1 Å². The number of carbonyl (C=O) groups is 2. The molecule has 28 heavy (non-hydrogen) atoms. The van der Waals surface area contributed by atoms with Crippen LogP contribution in [0, 0.1) is 0 Å². The van der Waals surface area contributed by atoms with E-state index in [0.29, 0.717) is 25.7 Å². The van der Waals surface area contributed by atoms with E-state index in [1.54, 1.807) is 0 Å². The molecule has 2 amide bonds. The number of nitrogens with one attached hydrogen (secondary N) is 2. The molecule has 2 saturated carbocycles. The maximum absolute atomic E-state index is 11.9. The van der Waals surface area contributed by atoms with E-state index in [2.05, 4.69) is 0 Å². The van der Waals surface area contributed by atoms with E-state index in [4.69, 9.17) is 9.47 Å². The third-order valence-corrected chi connectivity index (χ3v) is 5.19. The number of amides is 2. The van der Waals surface area contributed by atoms with E-state index in [-0.39, 0.29) is 36.5 Å². The lowest BCUT2D eigenvalue weighted by Crippen LogP contribution is -2.44. The minimum atomic E-state index is -4.78. The number of epoxide rings is 2. The first-order valence-electron chi connectivity index (χ1n) is 8.99. The zero-order chi connectivity index (χ0) is 20.7. The summed E-state index contributed by atoms with van der Waals surface area (Å²) >= 11 is 0. The van der Waals surface area contributed by atoms with Gasteiger partial charge in [-0.15, -0.1) is 0 Å². The molecular formula is C16H20F6N2O4. The van der Waals surface area contributed by atoms with Crippen molar-refractivity contribution in [3.8, 4) is 0 Å². The predicted molar refractivity (Wildman–Crippen MR) is 81.0 cm³/mol. The molecule has 0 radical (unpaired) electrons. The molecule has 2 N–H and O–H groups in total. The van der Waals surface area contributed by atoms with Crippen LogP contribution in [0.4, 0.5) is 26.3 Å². The average molecular weight is 418 g/mol. The van der Waals surface area contributed by atoms with Crippen molar-refractivity contribution < 1.29 is 45.4 Å². The number of fused-ring (bicyclic) bond motifs is 2. The smallest absolute Gasteiger partial charge is 0.370 e. The van der Waals surface area contributed by atoms with Crippen molar-refractivity contribution in [3.63, 3.8) is 0 Å². The molecule has 0 unspecified atom stereocenters. The van der Waals surface area contributed by atoms with Crippen molar-refractivity contribution >= 4 is 11.8 Å². The number of ether oxygens (including phenoxy) is 2. The van der Waals surface area contributed by atoms with E-state index in [9.17, 15) is 35.9 Å². The molecular weight excluding hydrogens is 398 g/mol. The van der Waals surface area contributed by atoms with Gasteiger partial charge >= 0.3 is 24.2 Å². The fraction of sp³-hybridized carbons (Fsp3) is 0.875. The van der Waals surface area contributed by atoms with Crippen molar-refractivity contribution in [2.24, 2.45) is 0 Å². The summed E-state index contributed by atoms with van der Waals surface area (Å²) in [5.41, 5.74) is 0. The Morgan fingerprint density at radius 1 is 0.643 bits per heavy atom. The number of alkyl halides is 6. The number of carbonyl (C=O) groups excluding carboxylic acids is 2. The summed E-state index contributed by atoms with van der Waals surface area (Å²) in [6.07, 6.45) is -5.30. The highest BCUT2D eigenvalue weighted by molar-refractivity contribution is 5.82. The fourth-order valence-electron chi connectivity index (χ4n) is 3.60. The Kier molecular flexibility index (Phi) is 5.81. The summed E-state index contributed by atoms with van der Waals surface area (Å²) in [5.74, 6) is -3.69. The quantitative estimate of drug-likeness (QED) is 0.531. The highest BCUT2D eigenvalue weighted by Gasteiger charge is 2.47. The Morgan fingerprint density at radius 3 is 1.29 bits per heavy atom. The normalized spacial score (nSPS) is 36.1. The molecule has 2 aliphatic heterocycles. The van der Waals surface area contributed by atoms with Crippen LogP contribution in [-0.4, -0.2) is 60.7 Å². The first-order valence-corrected chi connectivity index (χ1v) is 8.99. The molecule has 0 aromatic rings. The minimum Gasteiger partial charge on any atom is -0.370 e. The fourth-order valence-corrected chi connectivity index (χ4v) is 3.60. The van der Waals surface area contributed by atoms with Crippen LogP contribution in [0.15, 0.2) is 0 Å². The molecule has 160 valence electrons. The number of halogens is 6. The largest absolute Gasteiger partial charge is 0.471 e. The van der Waals surface area contributed by atoms with Crippen LogP contribution < -0.4 is 10.6 Å². The summed E-state index contributed by atoms with van der Waals surface area (Å²) in [5, 5.41) is 3.94. The highest BCUT2D eigenvalue weighted by atomic mass is 19.4. The van der Waals surface area contributed by atoms with Gasteiger partial charge in [0.1, 0.15) is 0 Å². The minimum absolute atomic E-state index is 0.0716. The molecule has 4 fully saturated rings. The number of rotatable bonds is 2. The third kappa shape index (κ3) is 5.72. The lowest BCUT2D eigenvalue weighted by Gasteiger charge is -2.20. The van der Waals surface area contributed by atoms with Crippen molar-refractivity contribution in [1.29, 1.82) is 0 Å². The Labute approximate surface area is 156 Å². The van der Waals surface area contributed by atoms with Gasteiger partial charge in [-0.3, -0.25) is 9.59 Å². The molecule has 12 heteroatoms. The Morgan fingerprint density at radius 2 is 1.00 bits per heavy atom. The van der Waals surface area contributed by atoms with Gasteiger partial charge in [0.05, 0.1) is 24.4 Å². The number of hydrogen-bond donors (Lipinski definition) is 2. The van der Waals surface area contributed by atoms with E-state index < -0.39 is 24.2 Å². The second-order valence-corrected chi connectivity index (χ2v) is 7.39. The standard InChI is InChI=1S/2C8H10F3NO2/c2*9-8(10,11)7(13)12-4-1-2-5-6(3-4)14-5/h2*4-6H,1-3H2,(H,12,13)/t2*4-,5+,6-/m10/s1. The monoisotopic (exact) mass is 418 g/mol. The van der Waals surface area contributed by atoms with Crippen molar-refractivity contribution in [3.05, 3.63) is 0 Å². The SMILES string of the molecule is O=C(N[C@@H]1CC[C@@H]2O[C@@H]2C1)C(F)(F)F.O=C(N[C@H]1CC[C@H]2O[C@H]2C1)C(F)(F)F. The summed E-state index contributed by atoms with van der Waals surface area (Å²) in [6.45, 7) is 0. The average Bonchev–Trinajstić information content (AvgIpc) is 3.47. The zero-order valence-electron chi connectivity index (χ0n) is 14.6. The van der Waals surface area contributed by atoms with Gasteiger partial charge in [0.2, 0.25) is 0 Å². The molecule has 0 spiro atoms. The molecule has 6 atom stereocenters. The maximum atomic E-state index is 11.9. The third-order valence-electron chi connectivity index (χ3n) is 5.19. The maximum Gasteiger partial charge on any atom is 0.471 e. The van der Waals surface area contributed by atoms with Crippen LogP contribution in [0.5, 0.6) is 0 Å². The Bertz CT molecular complexity index is 559. The molecule has 0 bridgehead atoms. The van der Waals surface area contributed by atoms with Crippen LogP contribution in [0.25, 0.3) is 0 Å². The van der Waals surface area contributed by atoms with Crippen molar-refractivity contribution in [1.82, 2.24) is 10.6 Å².